The maximum absolute atomic E-state index is 5.22. The standard InChI is InChI=1S/C16H15N5OS/c1-10-13(11(2)22-20-10)9-14-17-18-16-21(14)19-15(23-16)8-12-6-4-3-5-7-12/h3-7H,8-9H2,1-2H3. The summed E-state index contributed by atoms with van der Waals surface area (Å²) in [7, 11) is 0. The summed E-state index contributed by atoms with van der Waals surface area (Å²) >= 11 is 1.57. The van der Waals surface area contributed by atoms with Gasteiger partial charge in [0.1, 0.15) is 10.8 Å². The van der Waals surface area contributed by atoms with Crippen LogP contribution in [-0.2, 0) is 12.8 Å². The molecule has 0 aliphatic rings. The second-order valence-corrected chi connectivity index (χ2v) is 6.49. The summed E-state index contributed by atoms with van der Waals surface area (Å²) in [6.45, 7) is 3.85. The number of aromatic nitrogens is 5. The molecule has 116 valence electrons. The van der Waals surface area contributed by atoms with Gasteiger partial charge in [0, 0.05) is 18.4 Å². The molecule has 0 bridgehead atoms. The van der Waals surface area contributed by atoms with E-state index in [1.54, 1.807) is 11.3 Å². The van der Waals surface area contributed by atoms with Gasteiger partial charge < -0.3 is 4.52 Å². The zero-order valence-electron chi connectivity index (χ0n) is 12.9. The molecule has 0 N–H and O–H groups in total. The first kappa shape index (κ1) is 14.1. The topological polar surface area (TPSA) is 69.1 Å². The molecule has 23 heavy (non-hydrogen) atoms. The number of hydrogen-bond acceptors (Lipinski definition) is 6. The molecule has 0 spiro atoms. The van der Waals surface area contributed by atoms with Crippen LogP contribution in [0.4, 0.5) is 0 Å². The Morgan fingerprint density at radius 1 is 1.09 bits per heavy atom. The van der Waals surface area contributed by atoms with Crippen LogP contribution in [0.5, 0.6) is 0 Å². The van der Waals surface area contributed by atoms with Crippen LogP contribution in [0.1, 0.15) is 33.4 Å². The molecule has 1 aromatic carbocycles. The molecule has 0 aliphatic carbocycles. The molecule has 0 fully saturated rings. The van der Waals surface area contributed by atoms with Crippen molar-refractivity contribution in [2.75, 3.05) is 0 Å². The third kappa shape index (κ3) is 2.63. The lowest BCUT2D eigenvalue weighted by molar-refractivity contribution is 0.392. The predicted octanol–water partition coefficient (Wildman–Crippen LogP) is 2.97. The Morgan fingerprint density at radius 3 is 2.65 bits per heavy atom. The highest BCUT2D eigenvalue weighted by Gasteiger charge is 2.16. The van der Waals surface area contributed by atoms with Gasteiger partial charge in [-0.05, 0) is 19.4 Å². The van der Waals surface area contributed by atoms with Gasteiger partial charge in [0.05, 0.1) is 5.69 Å². The number of nitrogens with zero attached hydrogens (tertiary/aromatic N) is 5. The number of hydrogen-bond donors (Lipinski definition) is 0. The van der Waals surface area contributed by atoms with E-state index in [1.807, 2.05) is 36.6 Å². The first-order valence-electron chi connectivity index (χ1n) is 7.36. The lowest BCUT2D eigenvalue weighted by Gasteiger charge is -1.97. The normalized spacial score (nSPS) is 11.4. The van der Waals surface area contributed by atoms with Crippen LogP contribution in [0.3, 0.4) is 0 Å². The van der Waals surface area contributed by atoms with Gasteiger partial charge >= 0.3 is 0 Å². The van der Waals surface area contributed by atoms with E-state index in [4.69, 9.17) is 4.52 Å². The van der Waals surface area contributed by atoms with Crippen molar-refractivity contribution in [3.8, 4) is 0 Å². The van der Waals surface area contributed by atoms with Crippen molar-refractivity contribution < 1.29 is 4.52 Å². The van der Waals surface area contributed by atoms with Crippen LogP contribution in [0.15, 0.2) is 34.9 Å². The van der Waals surface area contributed by atoms with Crippen molar-refractivity contribution >= 4 is 16.3 Å². The van der Waals surface area contributed by atoms with E-state index in [1.165, 1.54) is 5.56 Å². The summed E-state index contributed by atoms with van der Waals surface area (Å²) in [6, 6.07) is 10.3. The van der Waals surface area contributed by atoms with Gasteiger partial charge in [-0.3, -0.25) is 0 Å². The maximum atomic E-state index is 5.22. The molecule has 0 atom stereocenters. The zero-order chi connectivity index (χ0) is 15.8. The Kier molecular flexibility index (Phi) is 3.42. The Bertz CT molecular complexity index is 934. The Hall–Kier alpha value is -2.54. The van der Waals surface area contributed by atoms with E-state index in [0.717, 1.165) is 39.2 Å². The van der Waals surface area contributed by atoms with Crippen LogP contribution in [0, 0.1) is 13.8 Å². The van der Waals surface area contributed by atoms with Crippen molar-refractivity contribution in [3.63, 3.8) is 0 Å². The van der Waals surface area contributed by atoms with E-state index in [2.05, 4.69) is 32.6 Å². The van der Waals surface area contributed by atoms with Gasteiger partial charge in [-0.1, -0.05) is 46.8 Å². The summed E-state index contributed by atoms with van der Waals surface area (Å²) in [4.78, 5) is 0.817. The van der Waals surface area contributed by atoms with Gasteiger partial charge in [0.15, 0.2) is 5.82 Å². The van der Waals surface area contributed by atoms with Crippen molar-refractivity contribution in [1.82, 2.24) is 25.0 Å². The molecule has 3 heterocycles. The number of benzene rings is 1. The third-order valence-corrected chi connectivity index (χ3v) is 4.71. The van der Waals surface area contributed by atoms with Crippen LogP contribution in [0.25, 0.3) is 4.96 Å². The molecule has 3 aromatic heterocycles. The molecule has 4 rings (SSSR count). The second kappa shape index (κ2) is 5.58. The summed E-state index contributed by atoms with van der Waals surface area (Å²) in [5, 5.41) is 18.2. The number of rotatable bonds is 4. The average molecular weight is 325 g/mol. The van der Waals surface area contributed by atoms with E-state index in [-0.39, 0.29) is 0 Å². The predicted molar refractivity (Wildman–Crippen MR) is 86.7 cm³/mol. The first-order chi connectivity index (χ1) is 11.2. The van der Waals surface area contributed by atoms with Gasteiger partial charge in [-0.2, -0.15) is 9.61 Å². The van der Waals surface area contributed by atoms with Crippen LogP contribution >= 0.6 is 11.3 Å². The maximum Gasteiger partial charge on any atom is 0.234 e. The quantitative estimate of drug-likeness (QED) is 0.577. The summed E-state index contributed by atoms with van der Waals surface area (Å²) in [5.74, 6) is 1.63. The lowest BCUT2D eigenvalue weighted by atomic mass is 10.1. The van der Waals surface area contributed by atoms with Gasteiger partial charge in [-0.15, -0.1) is 10.2 Å². The molecule has 0 saturated carbocycles. The molecule has 7 heteroatoms. The van der Waals surface area contributed by atoms with Crippen molar-refractivity contribution in [2.45, 2.75) is 26.7 Å². The SMILES string of the molecule is Cc1noc(C)c1Cc1nnc2sc(Cc3ccccc3)nn12. The highest BCUT2D eigenvalue weighted by Crippen LogP contribution is 2.21. The van der Waals surface area contributed by atoms with E-state index in [9.17, 15) is 0 Å². The summed E-state index contributed by atoms with van der Waals surface area (Å²) < 4.78 is 7.04. The van der Waals surface area contributed by atoms with Crippen LogP contribution < -0.4 is 0 Å². The highest BCUT2D eigenvalue weighted by molar-refractivity contribution is 7.16. The minimum atomic E-state index is 0.622. The van der Waals surface area contributed by atoms with E-state index < -0.39 is 0 Å². The molecule has 4 aromatic rings. The average Bonchev–Trinajstić information content (AvgIpc) is 3.20. The molecule has 0 unspecified atom stereocenters. The Labute approximate surface area is 136 Å². The lowest BCUT2D eigenvalue weighted by Crippen LogP contribution is -2.00. The molecule has 0 amide bonds. The largest absolute Gasteiger partial charge is 0.361 e. The minimum absolute atomic E-state index is 0.622. The molecular weight excluding hydrogens is 310 g/mol. The van der Waals surface area contributed by atoms with E-state index >= 15 is 0 Å². The minimum Gasteiger partial charge on any atom is -0.361 e. The van der Waals surface area contributed by atoms with Crippen LogP contribution in [-0.4, -0.2) is 25.0 Å². The highest BCUT2D eigenvalue weighted by atomic mass is 32.1. The third-order valence-electron chi connectivity index (χ3n) is 3.81. The monoisotopic (exact) mass is 325 g/mol. The van der Waals surface area contributed by atoms with Crippen LogP contribution in [0.2, 0.25) is 0 Å². The first-order valence-corrected chi connectivity index (χ1v) is 8.18. The fraction of sp³-hybridized carbons (Fsp3) is 0.250. The molecule has 0 aliphatic heterocycles. The van der Waals surface area contributed by atoms with Gasteiger partial charge in [0.2, 0.25) is 4.96 Å². The molecular formula is C16H15N5OS. The molecule has 0 saturated heterocycles. The van der Waals surface area contributed by atoms with Crippen molar-refractivity contribution in [3.05, 3.63) is 63.7 Å². The Balaban J connectivity index is 1.64. The fourth-order valence-corrected chi connectivity index (χ4v) is 3.45. The number of aryl methyl sites for hydroxylation is 2. The number of fused-ring (bicyclic) bond motifs is 1. The van der Waals surface area contributed by atoms with Crippen molar-refractivity contribution in [1.29, 1.82) is 0 Å². The zero-order valence-corrected chi connectivity index (χ0v) is 13.7. The van der Waals surface area contributed by atoms with Crippen molar-refractivity contribution in [2.24, 2.45) is 0 Å². The van der Waals surface area contributed by atoms with Gasteiger partial charge in [0.25, 0.3) is 0 Å². The van der Waals surface area contributed by atoms with Gasteiger partial charge in [-0.25, -0.2) is 0 Å². The smallest absolute Gasteiger partial charge is 0.234 e. The van der Waals surface area contributed by atoms with E-state index in [0.29, 0.717) is 6.42 Å². The summed E-state index contributed by atoms with van der Waals surface area (Å²) in [6.07, 6.45) is 1.43. The molecule has 6 nitrogen and oxygen atoms in total. The molecule has 0 radical (unpaired) electrons. The fourth-order valence-electron chi connectivity index (χ4n) is 2.56. The Morgan fingerprint density at radius 2 is 1.91 bits per heavy atom. The second-order valence-electron chi connectivity index (χ2n) is 5.45. The summed E-state index contributed by atoms with van der Waals surface area (Å²) in [5.41, 5.74) is 3.18.